The van der Waals surface area contributed by atoms with Crippen molar-refractivity contribution in [3.05, 3.63) is 0 Å². The maximum absolute atomic E-state index is 12.7. The maximum Gasteiger partial charge on any atom is 0.393 e. The fourth-order valence-electron chi connectivity index (χ4n) is 2.31. The SMILES string of the molecule is COC(=O)C(CN1CCCC(C(F)(F)F)C1)NC(C)=O. The van der Waals surface area contributed by atoms with Gasteiger partial charge in [-0.1, -0.05) is 0 Å². The molecular weight excluding hydrogens is 277 g/mol. The van der Waals surface area contributed by atoms with E-state index in [4.69, 9.17) is 0 Å². The molecule has 1 rings (SSSR count). The van der Waals surface area contributed by atoms with Crippen molar-refractivity contribution in [1.82, 2.24) is 10.2 Å². The fourth-order valence-corrected chi connectivity index (χ4v) is 2.31. The van der Waals surface area contributed by atoms with E-state index in [1.807, 2.05) is 0 Å². The van der Waals surface area contributed by atoms with E-state index in [0.717, 1.165) is 0 Å². The molecule has 1 heterocycles. The third kappa shape index (κ3) is 4.99. The van der Waals surface area contributed by atoms with Crippen molar-refractivity contribution in [2.45, 2.75) is 32.0 Å². The molecule has 0 aliphatic carbocycles. The molecule has 2 unspecified atom stereocenters. The summed E-state index contributed by atoms with van der Waals surface area (Å²) in [4.78, 5) is 24.1. The number of carbonyl (C=O) groups is 2. The highest BCUT2D eigenvalue weighted by Crippen LogP contribution is 2.33. The number of amides is 1. The van der Waals surface area contributed by atoms with Crippen molar-refractivity contribution < 1.29 is 27.5 Å². The first kappa shape index (κ1) is 16.7. The molecule has 116 valence electrons. The van der Waals surface area contributed by atoms with E-state index in [2.05, 4.69) is 10.1 Å². The van der Waals surface area contributed by atoms with Gasteiger partial charge in [0.25, 0.3) is 0 Å². The standard InChI is InChI=1S/C12H19F3N2O3/c1-8(18)16-10(11(19)20-2)7-17-5-3-4-9(6-17)12(13,14)15/h9-10H,3-7H2,1-2H3,(H,16,18). The van der Waals surface area contributed by atoms with Crippen molar-refractivity contribution in [3.63, 3.8) is 0 Å². The average Bonchev–Trinajstić information content (AvgIpc) is 2.36. The van der Waals surface area contributed by atoms with Crippen LogP contribution >= 0.6 is 0 Å². The molecule has 0 bridgehead atoms. The van der Waals surface area contributed by atoms with E-state index in [0.29, 0.717) is 13.0 Å². The number of hydrogen-bond acceptors (Lipinski definition) is 4. The predicted octanol–water partition coefficient (Wildman–Crippen LogP) is 0.938. The first-order valence-corrected chi connectivity index (χ1v) is 6.38. The lowest BCUT2D eigenvalue weighted by Gasteiger charge is -2.35. The minimum absolute atomic E-state index is 0.0266. The van der Waals surface area contributed by atoms with Crippen LogP contribution in [-0.4, -0.2) is 55.7 Å². The number of nitrogens with zero attached hydrogens (tertiary/aromatic N) is 1. The lowest BCUT2D eigenvalue weighted by atomic mass is 9.97. The summed E-state index contributed by atoms with van der Waals surface area (Å²) in [6.45, 7) is 1.58. The number of piperidine rings is 1. The van der Waals surface area contributed by atoms with E-state index < -0.39 is 30.0 Å². The quantitative estimate of drug-likeness (QED) is 0.784. The van der Waals surface area contributed by atoms with Gasteiger partial charge in [0.2, 0.25) is 5.91 Å². The number of likely N-dealkylation sites (tertiary alicyclic amines) is 1. The lowest BCUT2D eigenvalue weighted by molar-refractivity contribution is -0.187. The molecule has 0 spiro atoms. The Kier molecular flexibility index (Phi) is 5.79. The molecule has 2 atom stereocenters. The Morgan fingerprint density at radius 1 is 1.45 bits per heavy atom. The summed E-state index contributed by atoms with van der Waals surface area (Å²) in [7, 11) is 1.17. The molecule has 5 nitrogen and oxygen atoms in total. The largest absolute Gasteiger partial charge is 0.467 e. The highest BCUT2D eigenvalue weighted by Gasteiger charge is 2.42. The topological polar surface area (TPSA) is 58.6 Å². The number of esters is 1. The van der Waals surface area contributed by atoms with Crippen LogP contribution in [-0.2, 0) is 14.3 Å². The predicted molar refractivity (Wildman–Crippen MR) is 64.8 cm³/mol. The molecule has 1 saturated heterocycles. The Hall–Kier alpha value is -1.31. The van der Waals surface area contributed by atoms with Crippen LogP contribution in [0.15, 0.2) is 0 Å². The van der Waals surface area contributed by atoms with Crippen LogP contribution < -0.4 is 5.32 Å². The van der Waals surface area contributed by atoms with Gasteiger partial charge in [0.05, 0.1) is 13.0 Å². The van der Waals surface area contributed by atoms with Gasteiger partial charge in [-0.05, 0) is 19.4 Å². The smallest absolute Gasteiger partial charge is 0.393 e. The molecule has 1 N–H and O–H groups in total. The van der Waals surface area contributed by atoms with Crippen LogP contribution in [0.1, 0.15) is 19.8 Å². The summed E-state index contributed by atoms with van der Waals surface area (Å²) in [6.07, 6.45) is -3.71. The molecule has 20 heavy (non-hydrogen) atoms. The molecule has 0 radical (unpaired) electrons. The van der Waals surface area contributed by atoms with Gasteiger partial charge in [0.15, 0.2) is 0 Å². The summed E-state index contributed by atoms with van der Waals surface area (Å²) in [5, 5.41) is 2.40. The second-order valence-corrected chi connectivity index (χ2v) is 4.92. The Balaban J connectivity index is 2.63. The maximum atomic E-state index is 12.7. The fraction of sp³-hybridized carbons (Fsp3) is 0.833. The molecule has 8 heteroatoms. The molecule has 0 aromatic heterocycles. The lowest BCUT2D eigenvalue weighted by Crippen LogP contribution is -2.51. The summed E-state index contributed by atoms with van der Waals surface area (Å²) in [6, 6.07) is -0.940. The van der Waals surface area contributed by atoms with Crippen LogP contribution in [0, 0.1) is 5.92 Å². The summed E-state index contributed by atoms with van der Waals surface area (Å²) in [5.41, 5.74) is 0. The second kappa shape index (κ2) is 6.92. The van der Waals surface area contributed by atoms with Gasteiger partial charge < -0.3 is 15.0 Å². The molecule has 1 amide bonds. The van der Waals surface area contributed by atoms with Gasteiger partial charge >= 0.3 is 12.1 Å². The number of alkyl halides is 3. The third-order valence-corrected chi connectivity index (χ3v) is 3.27. The minimum atomic E-state index is -4.23. The first-order chi connectivity index (χ1) is 9.24. The molecule has 1 fully saturated rings. The van der Waals surface area contributed by atoms with Gasteiger partial charge in [-0.25, -0.2) is 4.79 Å². The number of nitrogens with one attached hydrogen (secondary N) is 1. The van der Waals surface area contributed by atoms with Crippen LogP contribution in [0.5, 0.6) is 0 Å². The van der Waals surface area contributed by atoms with Crippen molar-refractivity contribution in [2.24, 2.45) is 5.92 Å². The van der Waals surface area contributed by atoms with Crippen LogP contribution in [0.25, 0.3) is 0 Å². The molecular formula is C12H19F3N2O3. The van der Waals surface area contributed by atoms with Crippen molar-refractivity contribution in [2.75, 3.05) is 26.7 Å². The normalized spacial score (nSPS) is 22.1. The zero-order valence-corrected chi connectivity index (χ0v) is 11.5. The zero-order chi connectivity index (χ0) is 15.3. The Labute approximate surface area is 115 Å². The average molecular weight is 296 g/mol. The van der Waals surface area contributed by atoms with Gasteiger partial charge in [-0.15, -0.1) is 0 Å². The minimum Gasteiger partial charge on any atom is -0.467 e. The van der Waals surface area contributed by atoms with Crippen molar-refractivity contribution in [3.8, 4) is 0 Å². The Bertz CT molecular complexity index is 360. The van der Waals surface area contributed by atoms with Gasteiger partial charge in [-0.3, -0.25) is 4.79 Å². The van der Waals surface area contributed by atoms with E-state index in [9.17, 15) is 22.8 Å². The van der Waals surface area contributed by atoms with Crippen molar-refractivity contribution >= 4 is 11.9 Å². The van der Waals surface area contributed by atoms with Crippen LogP contribution in [0.2, 0.25) is 0 Å². The van der Waals surface area contributed by atoms with Gasteiger partial charge in [0.1, 0.15) is 6.04 Å². The van der Waals surface area contributed by atoms with Crippen LogP contribution in [0.3, 0.4) is 0 Å². The molecule has 1 aliphatic heterocycles. The Morgan fingerprint density at radius 2 is 2.10 bits per heavy atom. The zero-order valence-electron chi connectivity index (χ0n) is 11.5. The first-order valence-electron chi connectivity index (χ1n) is 6.38. The summed E-state index contributed by atoms with van der Waals surface area (Å²) >= 11 is 0. The second-order valence-electron chi connectivity index (χ2n) is 4.92. The van der Waals surface area contributed by atoms with E-state index in [-0.39, 0.29) is 19.5 Å². The molecule has 0 aromatic rings. The monoisotopic (exact) mass is 296 g/mol. The number of rotatable bonds is 4. The molecule has 1 aliphatic rings. The van der Waals surface area contributed by atoms with Crippen LogP contribution in [0.4, 0.5) is 13.2 Å². The highest BCUT2D eigenvalue weighted by molar-refractivity contribution is 5.83. The highest BCUT2D eigenvalue weighted by atomic mass is 19.4. The number of ether oxygens (including phenoxy) is 1. The number of methoxy groups -OCH3 is 1. The van der Waals surface area contributed by atoms with Gasteiger partial charge in [0, 0.05) is 20.0 Å². The Morgan fingerprint density at radius 3 is 2.60 bits per heavy atom. The summed E-state index contributed by atoms with van der Waals surface area (Å²) in [5.74, 6) is -2.47. The number of carbonyl (C=O) groups excluding carboxylic acids is 2. The van der Waals surface area contributed by atoms with E-state index >= 15 is 0 Å². The van der Waals surface area contributed by atoms with Gasteiger partial charge in [-0.2, -0.15) is 13.2 Å². The van der Waals surface area contributed by atoms with E-state index in [1.54, 1.807) is 4.90 Å². The number of halogens is 3. The molecule has 0 saturated carbocycles. The summed E-state index contributed by atoms with van der Waals surface area (Å²) < 4.78 is 42.6. The van der Waals surface area contributed by atoms with E-state index in [1.165, 1.54) is 14.0 Å². The number of hydrogen-bond donors (Lipinski definition) is 1. The van der Waals surface area contributed by atoms with Crippen molar-refractivity contribution in [1.29, 1.82) is 0 Å². The third-order valence-electron chi connectivity index (χ3n) is 3.27. The molecule has 0 aromatic carbocycles.